The number of fused-ring (bicyclic) bond motifs is 2. The van der Waals surface area contributed by atoms with Gasteiger partial charge in [-0.05, 0) is 55.5 Å². The van der Waals surface area contributed by atoms with E-state index < -0.39 is 0 Å². The molecule has 5 aromatic rings. The van der Waals surface area contributed by atoms with Crippen molar-refractivity contribution in [3.8, 4) is 22.5 Å². The van der Waals surface area contributed by atoms with Crippen molar-refractivity contribution in [3.63, 3.8) is 0 Å². The third-order valence-electron chi connectivity index (χ3n) is 7.06. The van der Waals surface area contributed by atoms with Crippen LogP contribution < -0.4 is 11.5 Å². The molecule has 0 aliphatic heterocycles. The Bertz CT molecular complexity index is 1550. The van der Waals surface area contributed by atoms with Crippen LogP contribution in [0.1, 0.15) is 31.7 Å². The standard InChI is InChI=1S/C27H25N7O/c28-25-24-20(14-34(27(24)32-15-31-25)19-9-6-17(7-10-19)26(29)35)18-5-4-16-8-11-22(33-23(16)13-18)21-3-1-2-12-30-21/h1-5,8,11-15,17,19H,6-7,9-10H2,(H2,29,35)(H2,28,31,32). The lowest BCUT2D eigenvalue weighted by atomic mass is 9.85. The van der Waals surface area contributed by atoms with Gasteiger partial charge >= 0.3 is 0 Å². The fourth-order valence-electron chi connectivity index (χ4n) is 5.19. The molecule has 1 aliphatic rings. The predicted molar refractivity (Wildman–Crippen MR) is 136 cm³/mol. The number of amides is 1. The number of nitrogens with zero attached hydrogens (tertiary/aromatic N) is 5. The van der Waals surface area contributed by atoms with Crippen molar-refractivity contribution in [3.05, 3.63) is 67.3 Å². The highest BCUT2D eigenvalue weighted by molar-refractivity contribution is 6.02. The lowest BCUT2D eigenvalue weighted by Crippen LogP contribution is -2.28. The van der Waals surface area contributed by atoms with Gasteiger partial charge in [-0.2, -0.15) is 0 Å². The molecule has 6 rings (SSSR count). The summed E-state index contributed by atoms with van der Waals surface area (Å²) in [6.07, 6.45) is 8.70. The largest absolute Gasteiger partial charge is 0.383 e. The van der Waals surface area contributed by atoms with Crippen LogP contribution in [0.4, 0.5) is 5.82 Å². The molecular formula is C27H25N7O. The van der Waals surface area contributed by atoms with Crippen LogP contribution in [-0.2, 0) is 4.79 Å². The molecule has 0 atom stereocenters. The van der Waals surface area contributed by atoms with Gasteiger partial charge in [0.2, 0.25) is 5.91 Å². The molecular weight excluding hydrogens is 438 g/mol. The lowest BCUT2D eigenvalue weighted by molar-refractivity contribution is -0.122. The van der Waals surface area contributed by atoms with E-state index in [4.69, 9.17) is 16.5 Å². The van der Waals surface area contributed by atoms with Crippen LogP contribution in [-0.4, -0.2) is 30.4 Å². The number of nitrogens with two attached hydrogens (primary N) is 2. The molecule has 174 valence electrons. The molecule has 1 fully saturated rings. The van der Waals surface area contributed by atoms with E-state index in [1.54, 1.807) is 6.20 Å². The quantitative estimate of drug-likeness (QED) is 0.404. The number of carbonyl (C=O) groups is 1. The van der Waals surface area contributed by atoms with E-state index in [0.29, 0.717) is 5.82 Å². The van der Waals surface area contributed by atoms with Crippen molar-refractivity contribution in [1.82, 2.24) is 24.5 Å². The number of nitrogen functional groups attached to an aromatic ring is 1. The summed E-state index contributed by atoms with van der Waals surface area (Å²) in [6.45, 7) is 0. The molecule has 4 heterocycles. The minimum atomic E-state index is -0.207. The van der Waals surface area contributed by atoms with Crippen LogP contribution in [0.3, 0.4) is 0 Å². The lowest BCUT2D eigenvalue weighted by Gasteiger charge is -2.28. The Morgan fingerprint density at radius 1 is 0.943 bits per heavy atom. The number of anilines is 1. The summed E-state index contributed by atoms with van der Waals surface area (Å²) in [7, 11) is 0. The van der Waals surface area contributed by atoms with Crippen molar-refractivity contribution >= 4 is 33.7 Å². The number of aromatic nitrogens is 5. The minimum absolute atomic E-state index is 0.0490. The van der Waals surface area contributed by atoms with Gasteiger partial charge in [-0.15, -0.1) is 0 Å². The van der Waals surface area contributed by atoms with Crippen LogP contribution in [0.5, 0.6) is 0 Å². The van der Waals surface area contributed by atoms with Crippen LogP contribution in [0.2, 0.25) is 0 Å². The maximum Gasteiger partial charge on any atom is 0.220 e. The molecule has 8 nitrogen and oxygen atoms in total. The molecule has 0 spiro atoms. The zero-order chi connectivity index (χ0) is 23.9. The number of pyridine rings is 2. The fourth-order valence-corrected chi connectivity index (χ4v) is 5.19. The van der Waals surface area contributed by atoms with Gasteiger partial charge in [-0.25, -0.2) is 15.0 Å². The van der Waals surface area contributed by atoms with Crippen molar-refractivity contribution in [2.75, 3.05) is 5.73 Å². The first-order chi connectivity index (χ1) is 17.1. The highest BCUT2D eigenvalue weighted by Gasteiger charge is 2.28. The first-order valence-corrected chi connectivity index (χ1v) is 11.8. The molecule has 35 heavy (non-hydrogen) atoms. The van der Waals surface area contributed by atoms with Crippen molar-refractivity contribution in [1.29, 1.82) is 0 Å². The number of carbonyl (C=O) groups excluding carboxylic acids is 1. The van der Waals surface area contributed by atoms with E-state index in [2.05, 4.69) is 50.0 Å². The van der Waals surface area contributed by atoms with Gasteiger partial charge in [0.1, 0.15) is 17.8 Å². The smallest absolute Gasteiger partial charge is 0.220 e. The van der Waals surface area contributed by atoms with E-state index in [1.165, 1.54) is 6.33 Å². The second-order valence-electron chi connectivity index (χ2n) is 9.13. The van der Waals surface area contributed by atoms with Gasteiger partial charge in [0.05, 0.1) is 22.3 Å². The Kier molecular flexibility index (Phi) is 5.13. The Balaban J connectivity index is 1.44. The summed E-state index contributed by atoms with van der Waals surface area (Å²) >= 11 is 0. The Morgan fingerprint density at radius 3 is 2.54 bits per heavy atom. The maximum atomic E-state index is 11.6. The minimum Gasteiger partial charge on any atom is -0.383 e. The second-order valence-corrected chi connectivity index (χ2v) is 9.13. The summed E-state index contributed by atoms with van der Waals surface area (Å²) < 4.78 is 2.20. The van der Waals surface area contributed by atoms with Gasteiger partial charge < -0.3 is 16.0 Å². The summed E-state index contributed by atoms with van der Waals surface area (Å²) in [5.74, 6) is 0.193. The molecule has 0 unspecified atom stereocenters. The van der Waals surface area contributed by atoms with Crippen LogP contribution in [0.15, 0.2) is 67.3 Å². The number of benzene rings is 1. The van der Waals surface area contributed by atoms with Crippen LogP contribution in [0.25, 0.3) is 44.5 Å². The molecule has 0 radical (unpaired) electrons. The molecule has 1 amide bonds. The highest BCUT2D eigenvalue weighted by Crippen LogP contribution is 2.39. The maximum absolute atomic E-state index is 11.6. The molecule has 1 saturated carbocycles. The first kappa shape index (κ1) is 21.2. The number of hydrogen-bond donors (Lipinski definition) is 2. The monoisotopic (exact) mass is 463 g/mol. The predicted octanol–water partition coefficient (Wildman–Crippen LogP) is 4.51. The zero-order valence-corrected chi connectivity index (χ0v) is 19.1. The number of hydrogen-bond acceptors (Lipinski definition) is 6. The summed E-state index contributed by atoms with van der Waals surface area (Å²) in [6, 6.07) is 16.3. The van der Waals surface area contributed by atoms with Gasteiger partial charge in [-0.1, -0.05) is 24.3 Å². The third-order valence-corrected chi connectivity index (χ3v) is 7.06. The molecule has 4 aromatic heterocycles. The average Bonchev–Trinajstić information content (AvgIpc) is 3.30. The first-order valence-electron chi connectivity index (χ1n) is 11.8. The molecule has 1 aliphatic carbocycles. The molecule has 0 bridgehead atoms. The average molecular weight is 464 g/mol. The van der Waals surface area contributed by atoms with E-state index in [9.17, 15) is 4.79 Å². The molecule has 1 aromatic carbocycles. The number of rotatable bonds is 4. The Labute approximate surface area is 202 Å². The SMILES string of the molecule is NC(=O)C1CCC(n2cc(-c3ccc4ccc(-c5ccccn5)nc4c3)c3c(N)ncnc32)CC1. The molecule has 0 saturated heterocycles. The van der Waals surface area contributed by atoms with Crippen LogP contribution >= 0.6 is 0 Å². The Morgan fingerprint density at radius 2 is 1.77 bits per heavy atom. The Hall–Kier alpha value is -4.33. The number of primary amides is 1. The molecule has 4 N–H and O–H groups in total. The zero-order valence-electron chi connectivity index (χ0n) is 19.1. The van der Waals surface area contributed by atoms with Crippen molar-refractivity contribution in [2.45, 2.75) is 31.7 Å². The third kappa shape index (κ3) is 3.77. The van der Waals surface area contributed by atoms with E-state index in [1.807, 2.05) is 24.3 Å². The van der Waals surface area contributed by atoms with Gasteiger partial charge in [0.25, 0.3) is 0 Å². The van der Waals surface area contributed by atoms with Gasteiger partial charge in [-0.3, -0.25) is 9.78 Å². The normalized spacial score (nSPS) is 18.2. The van der Waals surface area contributed by atoms with E-state index in [0.717, 1.165) is 70.1 Å². The second kappa shape index (κ2) is 8.47. The van der Waals surface area contributed by atoms with Crippen LogP contribution in [0, 0.1) is 5.92 Å². The van der Waals surface area contributed by atoms with Crippen molar-refractivity contribution < 1.29 is 4.79 Å². The molecule has 8 heteroatoms. The topological polar surface area (TPSA) is 126 Å². The summed E-state index contributed by atoms with van der Waals surface area (Å²) in [5, 5.41) is 1.89. The van der Waals surface area contributed by atoms with Gasteiger partial charge in [0.15, 0.2) is 0 Å². The van der Waals surface area contributed by atoms with E-state index >= 15 is 0 Å². The van der Waals surface area contributed by atoms with E-state index in [-0.39, 0.29) is 17.9 Å². The fraction of sp³-hybridized carbons (Fsp3) is 0.222. The highest BCUT2D eigenvalue weighted by atomic mass is 16.1. The summed E-state index contributed by atoms with van der Waals surface area (Å²) in [4.78, 5) is 29.8. The van der Waals surface area contributed by atoms with Gasteiger partial charge in [0, 0.05) is 35.3 Å². The summed E-state index contributed by atoms with van der Waals surface area (Å²) in [5.41, 5.74) is 17.2. The van der Waals surface area contributed by atoms with Crippen molar-refractivity contribution in [2.24, 2.45) is 11.7 Å².